The summed E-state index contributed by atoms with van der Waals surface area (Å²) < 4.78 is 45.9. The Balaban J connectivity index is 2.52. The second-order valence-electron chi connectivity index (χ2n) is 4.17. The summed E-state index contributed by atoms with van der Waals surface area (Å²) in [4.78, 5) is 0. The van der Waals surface area contributed by atoms with E-state index in [0.717, 1.165) is 11.3 Å². The quantitative estimate of drug-likeness (QED) is 0.702. The molecule has 1 atom stereocenters. The standard InChI is InChI=1S/C13H16BrF3O2/c1-18-12-5-3-2-4-11(12)6-10(7-14)8-19-9-13(15,16)17/h2-5,10H,6-9H2,1H3. The lowest BCUT2D eigenvalue weighted by Gasteiger charge is -2.17. The molecule has 0 aromatic heterocycles. The summed E-state index contributed by atoms with van der Waals surface area (Å²) in [7, 11) is 1.57. The first-order valence-corrected chi connectivity index (χ1v) is 6.90. The van der Waals surface area contributed by atoms with Crippen molar-refractivity contribution in [2.45, 2.75) is 12.6 Å². The lowest BCUT2D eigenvalue weighted by Crippen LogP contribution is -2.22. The highest BCUT2D eigenvalue weighted by Gasteiger charge is 2.27. The molecule has 2 nitrogen and oxygen atoms in total. The number of hydrogen-bond acceptors (Lipinski definition) is 2. The van der Waals surface area contributed by atoms with Gasteiger partial charge in [0.15, 0.2) is 0 Å². The minimum absolute atomic E-state index is 0.0290. The van der Waals surface area contributed by atoms with Crippen LogP contribution in [0.15, 0.2) is 24.3 Å². The van der Waals surface area contributed by atoms with Crippen LogP contribution in [0.1, 0.15) is 5.56 Å². The molecule has 0 N–H and O–H groups in total. The minimum Gasteiger partial charge on any atom is -0.496 e. The summed E-state index contributed by atoms with van der Waals surface area (Å²) in [5.74, 6) is 0.711. The maximum absolute atomic E-state index is 12.0. The van der Waals surface area contributed by atoms with Crippen LogP contribution in [0.2, 0.25) is 0 Å². The molecule has 0 fully saturated rings. The molecule has 0 bridgehead atoms. The Kier molecular flexibility index (Phi) is 6.65. The molecule has 0 aliphatic heterocycles. The molecular weight excluding hydrogens is 325 g/mol. The molecule has 0 aliphatic rings. The van der Waals surface area contributed by atoms with Gasteiger partial charge in [-0.1, -0.05) is 34.1 Å². The zero-order valence-corrected chi connectivity index (χ0v) is 12.1. The summed E-state index contributed by atoms with van der Waals surface area (Å²) >= 11 is 3.30. The van der Waals surface area contributed by atoms with Crippen LogP contribution in [-0.2, 0) is 11.2 Å². The van der Waals surface area contributed by atoms with Gasteiger partial charge in [0, 0.05) is 5.33 Å². The molecule has 1 rings (SSSR count). The van der Waals surface area contributed by atoms with Crippen LogP contribution in [0.5, 0.6) is 5.75 Å². The topological polar surface area (TPSA) is 18.5 Å². The van der Waals surface area contributed by atoms with Gasteiger partial charge in [-0.25, -0.2) is 0 Å². The second-order valence-corrected chi connectivity index (χ2v) is 4.81. The molecular formula is C13H16BrF3O2. The monoisotopic (exact) mass is 340 g/mol. The Morgan fingerprint density at radius 1 is 1.26 bits per heavy atom. The van der Waals surface area contributed by atoms with E-state index < -0.39 is 12.8 Å². The van der Waals surface area contributed by atoms with Gasteiger partial charge in [-0.05, 0) is 24.0 Å². The molecule has 6 heteroatoms. The number of methoxy groups -OCH3 is 1. The van der Waals surface area contributed by atoms with Crippen LogP contribution < -0.4 is 4.74 Å². The fourth-order valence-electron chi connectivity index (χ4n) is 1.68. The first kappa shape index (κ1) is 16.3. The lowest BCUT2D eigenvalue weighted by atomic mass is 10.0. The molecule has 0 spiro atoms. The van der Waals surface area contributed by atoms with Gasteiger partial charge < -0.3 is 9.47 Å². The Labute approximate surface area is 119 Å². The molecule has 19 heavy (non-hydrogen) atoms. The van der Waals surface area contributed by atoms with Gasteiger partial charge in [-0.2, -0.15) is 13.2 Å². The second kappa shape index (κ2) is 7.75. The van der Waals surface area contributed by atoms with E-state index in [-0.39, 0.29) is 12.5 Å². The van der Waals surface area contributed by atoms with Crippen molar-refractivity contribution in [1.82, 2.24) is 0 Å². The van der Waals surface area contributed by atoms with Crippen molar-refractivity contribution >= 4 is 15.9 Å². The molecule has 1 aromatic carbocycles. The average Bonchev–Trinajstić information content (AvgIpc) is 2.36. The first-order chi connectivity index (χ1) is 8.96. The maximum atomic E-state index is 12.0. The highest BCUT2D eigenvalue weighted by Crippen LogP contribution is 2.22. The van der Waals surface area contributed by atoms with Crippen molar-refractivity contribution < 1.29 is 22.6 Å². The summed E-state index contributed by atoms with van der Waals surface area (Å²) in [5, 5.41) is 0.572. The van der Waals surface area contributed by atoms with Crippen molar-refractivity contribution in [3.8, 4) is 5.75 Å². The third-order valence-corrected chi connectivity index (χ3v) is 3.45. The average molecular weight is 341 g/mol. The first-order valence-electron chi connectivity index (χ1n) is 5.78. The molecule has 108 valence electrons. The number of benzene rings is 1. The normalized spacial score (nSPS) is 13.3. The molecule has 0 amide bonds. The van der Waals surface area contributed by atoms with Gasteiger partial charge in [0.2, 0.25) is 0 Å². The van der Waals surface area contributed by atoms with Crippen LogP contribution in [0.4, 0.5) is 13.2 Å². The molecule has 0 saturated carbocycles. The van der Waals surface area contributed by atoms with Gasteiger partial charge >= 0.3 is 6.18 Å². The molecule has 0 heterocycles. The van der Waals surface area contributed by atoms with Crippen molar-refractivity contribution in [3.05, 3.63) is 29.8 Å². The third-order valence-electron chi connectivity index (χ3n) is 2.54. The van der Waals surface area contributed by atoms with Crippen LogP contribution in [0.25, 0.3) is 0 Å². The van der Waals surface area contributed by atoms with E-state index in [4.69, 9.17) is 9.47 Å². The Bertz CT molecular complexity index is 382. The fourth-order valence-corrected chi connectivity index (χ4v) is 2.10. The highest BCUT2D eigenvalue weighted by molar-refractivity contribution is 9.09. The van der Waals surface area contributed by atoms with Crippen LogP contribution in [0, 0.1) is 5.92 Å². The van der Waals surface area contributed by atoms with E-state index in [1.807, 2.05) is 24.3 Å². The van der Waals surface area contributed by atoms with Crippen LogP contribution in [-0.4, -0.2) is 31.8 Å². The van der Waals surface area contributed by atoms with Crippen LogP contribution >= 0.6 is 15.9 Å². The molecule has 0 aliphatic carbocycles. The van der Waals surface area contributed by atoms with E-state index in [1.165, 1.54) is 0 Å². The van der Waals surface area contributed by atoms with Crippen molar-refractivity contribution in [3.63, 3.8) is 0 Å². The zero-order valence-electron chi connectivity index (χ0n) is 10.5. The van der Waals surface area contributed by atoms with Crippen molar-refractivity contribution in [2.75, 3.05) is 25.7 Å². The predicted molar refractivity (Wildman–Crippen MR) is 70.9 cm³/mol. The Morgan fingerprint density at radius 3 is 2.53 bits per heavy atom. The molecule has 0 saturated heterocycles. The lowest BCUT2D eigenvalue weighted by molar-refractivity contribution is -0.176. The zero-order chi connectivity index (χ0) is 14.3. The van der Waals surface area contributed by atoms with Gasteiger partial charge in [0.05, 0.1) is 13.7 Å². The smallest absolute Gasteiger partial charge is 0.411 e. The van der Waals surface area contributed by atoms with Crippen LogP contribution in [0.3, 0.4) is 0 Å². The van der Waals surface area contributed by atoms with Gasteiger partial charge in [-0.15, -0.1) is 0 Å². The van der Waals surface area contributed by atoms with Crippen molar-refractivity contribution in [1.29, 1.82) is 0 Å². The van der Waals surface area contributed by atoms with E-state index >= 15 is 0 Å². The Morgan fingerprint density at radius 2 is 1.95 bits per heavy atom. The van der Waals surface area contributed by atoms with E-state index in [1.54, 1.807) is 7.11 Å². The number of halogens is 4. The summed E-state index contributed by atoms with van der Waals surface area (Å²) in [6.45, 7) is -1.15. The van der Waals surface area contributed by atoms with E-state index in [0.29, 0.717) is 11.8 Å². The van der Waals surface area contributed by atoms with Gasteiger partial charge in [-0.3, -0.25) is 0 Å². The number of para-hydroxylation sites is 1. The molecule has 1 aromatic rings. The third kappa shape index (κ3) is 6.29. The number of alkyl halides is 4. The largest absolute Gasteiger partial charge is 0.496 e. The highest BCUT2D eigenvalue weighted by atomic mass is 79.9. The minimum atomic E-state index is -4.28. The molecule has 0 radical (unpaired) electrons. The van der Waals surface area contributed by atoms with Crippen molar-refractivity contribution in [2.24, 2.45) is 5.92 Å². The predicted octanol–water partition coefficient (Wildman–Crippen LogP) is 3.83. The fraction of sp³-hybridized carbons (Fsp3) is 0.538. The van der Waals surface area contributed by atoms with Gasteiger partial charge in [0.25, 0.3) is 0 Å². The maximum Gasteiger partial charge on any atom is 0.411 e. The molecule has 1 unspecified atom stereocenters. The summed E-state index contributed by atoms with van der Waals surface area (Å²) in [6.07, 6.45) is -3.67. The van der Waals surface area contributed by atoms with Gasteiger partial charge in [0.1, 0.15) is 12.4 Å². The Hall–Kier alpha value is -0.750. The number of ether oxygens (including phenoxy) is 2. The van der Waals surface area contributed by atoms with E-state index in [2.05, 4.69) is 15.9 Å². The van der Waals surface area contributed by atoms with E-state index in [9.17, 15) is 13.2 Å². The summed E-state index contributed by atoms with van der Waals surface area (Å²) in [6, 6.07) is 7.46. The number of rotatable bonds is 7. The summed E-state index contributed by atoms with van der Waals surface area (Å²) in [5.41, 5.74) is 0.963. The number of hydrogen-bond donors (Lipinski definition) is 0. The SMILES string of the molecule is COc1ccccc1CC(CBr)COCC(F)(F)F.